The number of benzene rings is 1. The smallest absolute Gasteiger partial charge is 0.192 e. The van der Waals surface area contributed by atoms with E-state index in [2.05, 4.69) is 33.9 Å². The summed E-state index contributed by atoms with van der Waals surface area (Å²) in [5.41, 5.74) is 1.05. The zero-order chi connectivity index (χ0) is 14.0. The Balaban J connectivity index is 2.81. The molecule has 0 spiro atoms. The molecular weight excluding hydrogens is 264 g/mol. The van der Waals surface area contributed by atoms with E-state index in [1.54, 1.807) is 7.11 Å². The molecule has 1 aromatic rings. The van der Waals surface area contributed by atoms with Gasteiger partial charge in [0.25, 0.3) is 0 Å². The maximum absolute atomic E-state index is 6.18. The largest absolute Gasteiger partial charge is 0.496 e. The van der Waals surface area contributed by atoms with Gasteiger partial charge in [0, 0.05) is 10.6 Å². The lowest BCUT2D eigenvalue weighted by Crippen LogP contribution is -2.40. The third kappa shape index (κ3) is 3.74. The SMILES string of the molecule is COc1cc(Cl)ccc1CO[Si](C)(C)C(C)(C)C. The fourth-order valence-electron chi connectivity index (χ4n) is 1.31. The van der Waals surface area contributed by atoms with Crippen molar-refractivity contribution >= 4 is 19.9 Å². The van der Waals surface area contributed by atoms with E-state index < -0.39 is 8.32 Å². The average molecular weight is 287 g/mol. The van der Waals surface area contributed by atoms with Gasteiger partial charge in [0.1, 0.15) is 5.75 Å². The number of rotatable bonds is 4. The predicted octanol–water partition coefficient (Wildman–Crippen LogP) is 4.87. The second-order valence-electron chi connectivity index (χ2n) is 6.01. The molecule has 0 bridgehead atoms. The molecule has 0 radical (unpaired) electrons. The minimum absolute atomic E-state index is 0.215. The number of halogens is 1. The first-order chi connectivity index (χ1) is 8.17. The summed E-state index contributed by atoms with van der Waals surface area (Å²) in [5, 5.41) is 0.898. The fourth-order valence-corrected chi connectivity index (χ4v) is 2.42. The van der Waals surface area contributed by atoms with Crippen molar-refractivity contribution in [2.45, 2.75) is 45.5 Å². The van der Waals surface area contributed by atoms with Crippen LogP contribution >= 0.6 is 11.6 Å². The van der Waals surface area contributed by atoms with Gasteiger partial charge in [0.05, 0.1) is 13.7 Å². The first-order valence-electron chi connectivity index (χ1n) is 6.14. The number of ether oxygens (including phenoxy) is 1. The molecule has 1 aromatic carbocycles. The van der Waals surface area contributed by atoms with Crippen LogP contribution in [0.25, 0.3) is 0 Å². The van der Waals surface area contributed by atoms with Crippen LogP contribution in [0.5, 0.6) is 5.75 Å². The average Bonchev–Trinajstić information content (AvgIpc) is 2.25. The van der Waals surface area contributed by atoms with Crippen molar-refractivity contribution in [2.75, 3.05) is 7.11 Å². The van der Waals surface area contributed by atoms with Crippen LogP contribution in [-0.4, -0.2) is 15.4 Å². The molecule has 102 valence electrons. The minimum Gasteiger partial charge on any atom is -0.496 e. The zero-order valence-corrected chi connectivity index (χ0v) is 13.9. The van der Waals surface area contributed by atoms with Crippen LogP contribution in [0.2, 0.25) is 23.2 Å². The molecule has 2 nitrogen and oxygen atoms in total. The van der Waals surface area contributed by atoms with E-state index in [1.807, 2.05) is 18.2 Å². The van der Waals surface area contributed by atoms with Gasteiger partial charge in [0.15, 0.2) is 8.32 Å². The van der Waals surface area contributed by atoms with Crippen molar-refractivity contribution in [2.24, 2.45) is 0 Å². The van der Waals surface area contributed by atoms with Crippen LogP contribution in [0.4, 0.5) is 0 Å². The van der Waals surface area contributed by atoms with Gasteiger partial charge in [0.2, 0.25) is 0 Å². The van der Waals surface area contributed by atoms with E-state index in [9.17, 15) is 0 Å². The zero-order valence-electron chi connectivity index (χ0n) is 12.1. The highest BCUT2D eigenvalue weighted by atomic mass is 35.5. The Kier molecular flexibility index (Phi) is 4.87. The Morgan fingerprint density at radius 3 is 2.33 bits per heavy atom. The fraction of sp³-hybridized carbons (Fsp3) is 0.571. The summed E-state index contributed by atoms with van der Waals surface area (Å²) in [6.07, 6.45) is 0. The molecule has 0 saturated heterocycles. The summed E-state index contributed by atoms with van der Waals surface area (Å²) >= 11 is 5.95. The highest BCUT2D eigenvalue weighted by molar-refractivity contribution is 6.74. The van der Waals surface area contributed by atoms with E-state index in [-0.39, 0.29) is 5.04 Å². The second kappa shape index (κ2) is 5.64. The first kappa shape index (κ1) is 15.5. The highest BCUT2D eigenvalue weighted by Crippen LogP contribution is 2.37. The van der Waals surface area contributed by atoms with Crippen LogP contribution in [0.15, 0.2) is 18.2 Å². The Morgan fingerprint density at radius 1 is 1.22 bits per heavy atom. The van der Waals surface area contributed by atoms with E-state index >= 15 is 0 Å². The lowest BCUT2D eigenvalue weighted by atomic mass is 10.2. The van der Waals surface area contributed by atoms with Crippen LogP contribution < -0.4 is 4.74 Å². The molecule has 0 aromatic heterocycles. The number of hydrogen-bond donors (Lipinski definition) is 0. The van der Waals surface area contributed by atoms with Gasteiger partial charge in [-0.05, 0) is 30.3 Å². The summed E-state index contributed by atoms with van der Waals surface area (Å²) < 4.78 is 11.5. The van der Waals surface area contributed by atoms with Crippen LogP contribution in [0, 0.1) is 0 Å². The second-order valence-corrected chi connectivity index (χ2v) is 11.3. The summed E-state index contributed by atoms with van der Waals surface area (Å²) in [7, 11) is -0.0713. The van der Waals surface area contributed by atoms with E-state index in [1.165, 1.54) is 0 Å². The van der Waals surface area contributed by atoms with Crippen molar-refractivity contribution in [3.05, 3.63) is 28.8 Å². The van der Waals surface area contributed by atoms with Gasteiger partial charge in [-0.15, -0.1) is 0 Å². The molecule has 0 atom stereocenters. The predicted molar refractivity (Wildman–Crippen MR) is 80.0 cm³/mol. The van der Waals surface area contributed by atoms with E-state index in [0.717, 1.165) is 11.3 Å². The molecule has 0 amide bonds. The Hall–Kier alpha value is -0.513. The summed E-state index contributed by atoms with van der Waals surface area (Å²) in [4.78, 5) is 0. The summed E-state index contributed by atoms with van der Waals surface area (Å²) in [6.45, 7) is 11.8. The Labute approximate surface area is 116 Å². The van der Waals surface area contributed by atoms with Gasteiger partial charge in [-0.2, -0.15) is 0 Å². The van der Waals surface area contributed by atoms with Crippen molar-refractivity contribution in [1.82, 2.24) is 0 Å². The van der Waals surface area contributed by atoms with Crippen molar-refractivity contribution in [3.63, 3.8) is 0 Å². The lowest BCUT2D eigenvalue weighted by Gasteiger charge is -2.36. The van der Waals surface area contributed by atoms with Crippen molar-refractivity contribution in [1.29, 1.82) is 0 Å². The highest BCUT2D eigenvalue weighted by Gasteiger charge is 2.37. The van der Waals surface area contributed by atoms with Crippen molar-refractivity contribution < 1.29 is 9.16 Å². The third-order valence-corrected chi connectivity index (χ3v) is 8.36. The topological polar surface area (TPSA) is 18.5 Å². The Bertz CT molecular complexity index is 411. The van der Waals surface area contributed by atoms with E-state index in [4.69, 9.17) is 20.8 Å². The number of methoxy groups -OCH3 is 1. The molecule has 1 rings (SSSR count). The van der Waals surface area contributed by atoms with Gasteiger partial charge in [-0.25, -0.2) is 0 Å². The summed E-state index contributed by atoms with van der Waals surface area (Å²) in [5.74, 6) is 0.793. The molecule has 18 heavy (non-hydrogen) atoms. The van der Waals surface area contributed by atoms with Crippen molar-refractivity contribution in [3.8, 4) is 5.75 Å². The molecule has 0 saturated carbocycles. The maximum atomic E-state index is 6.18. The molecular formula is C14H23ClO2Si. The van der Waals surface area contributed by atoms with Gasteiger partial charge in [-0.3, -0.25) is 0 Å². The standard InChI is InChI=1S/C14H23ClO2Si/c1-14(2,3)18(5,6)17-10-11-7-8-12(15)9-13(11)16-4/h7-9H,10H2,1-6H3. The quantitative estimate of drug-likeness (QED) is 0.735. The monoisotopic (exact) mass is 286 g/mol. The minimum atomic E-state index is -1.73. The van der Waals surface area contributed by atoms with Crippen LogP contribution in [0.3, 0.4) is 0 Å². The molecule has 0 unspecified atom stereocenters. The third-order valence-electron chi connectivity index (χ3n) is 3.64. The summed E-state index contributed by atoms with van der Waals surface area (Å²) in [6, 6.07) is 5.66. The molecule has 0 fully saturated rings. The first-order valence-corrected chi connectivity index (χ1v) is 9.42. The maximum Gasteiger partial charge on any atom is 0.192 e. The molecule has 0 aliphatic heterocycles. The lowest BCUT2D eigenvalue weighted by molar-refractivity contribution is 0.269. The molecule has 0 aliphatic carbocycles. The molecule has 0 N–H and O–H groups in total. The van der Waals surface area contributed by atoms with E-state index in [0.29, 0.717) is 11.6 Å². The van der Waals surface area contributed by atoms with Crippen LogP contribution in [-0.2, 0) is 11.0 Å². The normalized spacial score (nSPS) is 12.6. The van der Waals surface area contributed by atoms with Crippen LogP contribution in [0.1, 0.15) is 26.3 Å². The van der Waals surface area contributed by atoms with Gasteiger partial charge < -0.3 is 9.16 Å². The Morgan fingerprint density at radius 2 is 1.83 bits per heavy atom. The number of hydrogen-bond acceptors (Lipinski definition) is 2. The molecule has 0 aliphatic rings. The molecule has 4 heteroatoms. The van der Waals surface area contributed by atoms with Gasteiger partial charge in [-0.1, -0.05) is 38.4 Å². The van der Waals surface area contributed by atoms with Gasteiger partial charge >= 0.3 is 0 Å². The molecule has 0 heterocycles.